The van der Waals surface area contributed by atoms with Crippen LogP contribution in [0.25, 0.3) is 0 Å². The van der Waals surface area contributed by atoms with Crippen LogP contribution in [-0.2, 0) is 4.74 Å². The molecular formula is C8H18N2O. The van der Waals surface area contributed by atoms with Gasteiger partial charge >= 0.3 is 0 Å². The van der Waals surface area contributed by atoms with E-state index < -0.39 is 0 Å². The van der Waals surface area contributed by atoms with Gasteiger partial charge in [0.2, 0.25) is 0 Å². The summed E-state index contributed by atoms with van der Waals surface area (Å²) in [6.45, 7) is 7.06. The number of hydrogen-bond acceptors (Lipinski definition) is 3. The number of hydrogen-bond donors (Lipinski definition) is 1. The topological polar surface area (TPSA) is 24.5 Å². The number of likely N-dealkylation sites (N-methyl/N-ethyl adjacent to an activating group) is 2. The molecule has 66 valence electrons. The minimum atomic E-state index is 0.573. The summed E-state index contributed by atoms with van der Waals surface area (Å²) >= 11 is 0. The Morgan fingerprint density at radius 1 is 1.64 bits per heavy atom. The number of rotatable bonds is 3. The van der Waals surface area contributed by atoms with E-state index in [1.165, 1.54) is 0 Å². The second kappa shape index (κ2) is 4.70. The summed E-state index contributed by atoms with van der Waals surface area (Å²) < 4.78 is 5.37. The molecule has 1 saturated heterocycles. The smallest absolute Gasteiger partial charge is 0.0634 e. The van der Waals surface area contributed by atoms with Gasteiger partial charge in [-0.25, -0.2) is 0 Å². The van der Waals surface area contributed by atoms with Crippen molar-refractivity contribution in [3.8, 4) is 0 Å². The third kappa shape index (κ3) is 2.77. The van der Waals surface area contributed by atoms with Crippen molar-refractivity contribution in [2.24, 2.45) is 0 Å². The first-order chi connectivity index (χ1) is 5.34. The van der Waals surface area contributed by atoms with Crippen LogP contribution >= 0.6 is 0 Å². The average Bonchev–Trinajstić information content (AvgIpc) is 2.03. The highest BCUT2D eigenvalue weighted by atomic mass is 16.5. The minimum Gasteiger partial charge on any atom is -0.378 e. The lowest BCUT2D eigenvalue weighted by Crippen LogP contribution is -2.48. The van der Waals surface area contributed by atoms with E-state index in [1.54, 1.807) is 0 Å². The van der Waals surface area contributed by atoms with Crippen LogP contribution in [0.2, 0.25) is 0 Å². The van der Waals surface area contributed by atoms with Crippen molar-refractivity contribution in [3.63, 3.8) is 0 Å². The third-order valence-electron chi connectivity index (χ3n) is 2.15. The summed E-state index contributed by atoms with van der Waals surface area (Å²) in [6.07, 6.45) is 0. The molecule has 1 unspecified atom stereocenters. The van der Waals surface area contributed by atoms with Crippen LogP contribution in [0.3, 0.4) is 0 Å². The maximum atomic E-state index is 5.37. The lowest BCUT2D eigenvalue weighted by Gasteiger charge is -2.32. The Labute approximate surface area is 68.7 Å². The summed E-state index contributed by atoms with van der Waals surface area (Å²) in [6, 6.07) is 0.573. The first-order valence-electron chi connectivity index (χ1n) is 4.33. The van der Waals surface area contributed by atoms with Crippen molar-refractivity contribution < 1.29 is 4.74 Å². The SMILES string of the molecule is CCNCC1COCCN1C. The van der Waals surface area contributed by atoms with Crippen LogP contribution in [0.4, 0.5) is 0 Å². The van der Waals surface area contributed by atoms with Crippen molar-refractivity contribution in [3.05, 3.63) is 0 Å². The molecule has 1 heterocycles. The molecule has 0 saturated carbocycles. The van der Waals surface area contributed by atoms with Gasteiger partial charge in [-0.2, -0.15) is 0 Å². The summed E-state index contributed by atoms with van der Waals surface area (Å²) in [5.41, 5.74) is 0. The number of nitrogens with one attached hydrogen (secondary N) is 1. The van der Waals surface area contributed by atoms with E-state index >= 15 is 0 Å². The fraction of sp³-hybridized carbons (Fsp3) is 1.00. The number of ether oxygens (including phenoxy) is 1. The average molecular weight is 158 g/mol. The van der Waals surface area contributed by atoms with E-state index in [2.05, 4.69) is 24.2 Å². The molecule has 11 heavy (non-hydrogen) atoms. The molecule has 1 fully saturated rings. The van der Waals surface area contributed by atoms with Crippen molar-refractivity contribution >= 4 is 0 Å². The molecule has 1 N–H and O–H groups in total. The van der Waals surface area contributed by atoms with E-state index in [4.69, 9.17) is 4.74 Å². The van der Waals surface area contributed by atoms with Crippen molar-refractivity contribution in [1.29, 1.82) is 0 Å². The van der Waals surface area contributed by atoms with Crippen LogP contribution in [0.15, 0.2) is 0 Å². The van der Waals surface area contributed by atoms with Gasteiger partial charge in [-0.05, 0) is 13.6 Å². The van der Waals surface area contributed by atoms with Crippen molar-refractivity contribution in [2.45, 2.75) is 13.0 Å². The Kier molecular flexibility index (Phi) is 3.83. The van der Waals surface area contributed by atoms with Gasteiger partial charge in [0, 0.05) is 19.1 Å². The Bertz CT molecular complexity index is 108. The maximum Gasteiger partial charge on any atom is 0.0634 e. The fourth-order valence-electron chi connectivity index (χ4n) is 1.26. The zero-order valence-electron chi connectivity index (χ0n) is 7.47. The third-order valence-corrected chi connectivity index (χ3v) is 2.15. The largest absolute Gasteiger partial charge is 0.378 e. The van der Waals surface area contributed by atoms with E-state index in [9.17, 15) is 0 Å². The van der Waals surface area contributed by atoms with Crippen LogP contribution in [0, 0.1) is 0 Å². The Hall–Kier alpha value is -0.120. The quantitative estimate of drug-likeness (QED) is 0.622. The molecule has 0 radical (unpaired) electrons. The molecule has 0 aliphatic carbocycles. The van der Waals surface area contributed by atoms with Gasteiger partial charge < -0.3 is 10.1 Å². The lowest BCUT2D eigenvalue weighted by molar-refractivity contribution is 0.00663. The number of nitrogens with zero attached hydrogens (tertiary/aromatic N) is 1. The second-order valence-corrected chi connectivity index (χ2v) is 3.02. The highest BCUT2D eigenvalue weighted by molar-refractivity contribution is 4.73. The Morgan fingerprint density at radius 3 is 3.09 bits per heavy atom. The molecule has 3 nitrogen and oxygen atoms in total. The Morgan fingerprint density at radius 2 is 2.45 bits per heavy atom. The summed E-state index contributed by atoms with van der Waals surface area (Å²) in [5.74, 6) is 0. The van der Waals surface area contributed by atoms with E-state index in [-0.39, 0.29) is 0 Å². The normalized spacial score (nSPS) is 27.3. The zero-order chi connectivity index (χ0) is 8.10. The molecule has 0 bridgehead atoms. The first-order valence-corrected chi connectivity index (χ1v) is 4.33. The molecule has 3 heteroatoms. The first kappa shape index (κ1) is 8.97. The predicted molar refractivity (Wildman–Crippen MR) is 45.8 cm³/mol. The summed E-state index contributed by atoms with van der Waals surface area (Å²) in [7, 11) is 2.16. The molecule has 0 aromatic heterocycles. The molecule has 1 rings (SSSR count). The summed E-state index contributed by atoms with van der Waals surface area (Å²) in [5, 5.41) is 3.33. The lowest BCUT2D eigenvalue weighted by atomic mass is 10.2. The van der Waals surface area contributed by atoms with Crippen LogP contribution < -0.4 is 5.32 Å². The minimum absolute atomic E-state index is 0.573. The van der Waals surface area contributed by atoms with E-state index in [0.29, 0.717) is 6.04 Å². The highest BCUT2D eigenvalue weighted by Crippen LogP contribution is 2.01. The molecule has 0 amide bonds. The molecule has 0 aromatic rings. The van der Waals surface area contributed by atoms with Gasteiger partial charge in [0.25, 0.3) is 0 Å². The van der Waals surface area contributed by atoms with Crippen molar-refractivity contribution in [2.75, 3.05) is 39.9 Å². The Balaban J connectivity index is 2.18. The van der Waals surface area contributed by atoms with Crippen LogP contribution in [0.1, 0.15) is 6.92 Å². The van der Waals surface area contributed by atoms with Gasteiger partial charge in [0.15, 0.2) is 0 Å². The fourth-order valence-corrected chi connectivity index (χ4v) is 1.26. The monoisotopic (exact) mass is 158 g/mol. The van der Waals surface area contributed by atoms with E-state index in [0.717, 1.165) is 32.8 Å². The van der Waals surface area contributed by atoms with Crippen LogP contribution in [0.5, 0.6) is 0 Å². The number of morpholine rings is 1. The van der Waals surface area contributed by atoms with Gasteiger partial charge in [0.05, 0.1) is 13.2 Å². The van der Waals surface area contributed by atoms with Crippen molar-refractivity contribution in [1.82, 2.24) is 10.2 Å². The summed E-state index contributed by atoms with van der Waals surface area (Å²) in [4.78, 5) is 2.35. The molecular weight excluding hydrogens is 140 g/mol. The predicted octanol–water partition coefficient (Wildman–Crippen LogP) is -0.0735. The van der Waals surface area contributed by atoms with Gasteiger partial charge in [-0.1, -0.05) is 6.92 Å². The van der Waals surface area contributed by atoms with Gasteiger partial charge in [-0.3, -0.25) is 4.90 Å². The highest BCUT2D eigenvalue weighted by Gasteiger charge is 2.17. The maximum absolute atomic E-state index is 5.37. The van der Waals surface area contributed by atoms with Gasteiger partial charge in [-0.15, -0.1) is 0 Å². The molecule has 0 aromatic carbocycles. The van der Waals surface area contributed by atoms with Crippen LogP contribution in [-0.4, -0.2) is 50.8 Å². The van der Waals surface area contributed by atoms with Gasteiger partial charge in [0.1, 0.15) is 0 Å². The standard InChI is InChI=1S/C8H18N2O/c1-3-9-6-8-7-11-5-4-10(8)2/h8-9H,3-7H2,1-2H3. The molecule has 1 atom stereocenters. The zero-order valence-corrected chi connectivity index (χ0v) is 7.47. The van der Waals surface area contributed by atoms with E-state index in [1.807, 2.05) is 0 Å². The molecule has 1 aliphatic heterocycles. The second-order valence-electron chi connectivity index (χ2n) is 3.02. The molecule has 0 spiro atoms. The molecule has 1 aliphatic rings.